The minimum atomic E-state index is 0.525. The van der Waals surface area contributed by atoms with Crippen molar-refractivity contribution in [2.45, 2.75) is 6.54 Å². The van der Waals surface area contributed by atoms with Crippen LogP contribution in [-0.2, 0) is 6.54 Å². The first-order valence-electron chi connectivity index (χ1n) is 5.27. The van der Waals surface area contributed by atoms with Crippen LogP contribution < -0.4 is 15.4 Å². The van der Waals surface area contributed by atoms with E-state index in [9.17, 15) is 0 Å². The minimum Gasteiger partial charge on any atom is -0.495 e. The molecule has 2 N–H and O–H groups in total. The molecule has 0 bridgehead atoms. The van der Waals surface area contributed by atoms with Gasteiger partial charge in [0.05, 0.1) is 12.8 Å². The average Bonchev–Trinajstić information content (AvgIpc) is 2.86. The highest BCUT2D eigenvalue weighted by molar-refractivity contribution is 7.15. The Kier molecular flexibility index (Phi) is 3.61. The van der Waals surface area contributed by atoms with Gasteiger partial charge in [-0.1, -0.05) is 12.1 Å². The van der Waals surface area contributed by atoms with Crippen LogP contribution in [0.5, 0.6) is 5.75 Å². The number of para-hydroxylation sites is 2. The number of hydrogen-bond acceptors (Lipinski definition) is 5. The topological polar surface area (TPSA) is 51.4 Å². The first kappa shape index (κ1) is 11.9. The first-order valence-corrected chi connectivity index (χ1v) is 6.09. The Morgan fingerprint density at radius 2 is 2.18 bits per heavy atom. The van der Waals surface area contributed by atoms with Gasteiger partial charge >= 0.3 is 0 Å². The summed E-state index contributed by atoms with van der Waals surface area (Å²) in [5.74, 6) is 0.833. The minimum absolute atomic E-state index is 0.525. The van der Waals surface area contributed by atoms with Gasteiger partial charge in [0.2, 0.25) is 0 Å². The number of nitrogens with two attached hydrogens (primary N) is 1. The van der Waals surface area contributed by atoms with Gasteiger partial charge in [-0.3, -0.25) is 0 Å². The number of thiazole rings is 1. The van der Waals surface area contributed by atoms with Gasteiger partial charge in [-0.25, -0.2) is 4.98 Å². The second-order valence-electron chi connectivity index (χ2n) is 3.54. The molecule has 0 amide bonds. The summed E-state index contributed by atoms with van der Waals surface area (Å²) in [4.78, 5) is 7.42. The molecule has 1 aromatic heterocycles. The summed E-state index contributed by atoms with van der Waals surface area (Å²) in [7, 11) is 3.64. The lowest BCUT2D eigenvalue weighted by molar-refractivity contribution is 0.415. The molecule has 0 spiro atoms. The lowest BCUT2D eigenvalue weighted by Gasteiger charge is -2.18. The third-order valence-corrected chi connectivity index (χ3v) is 3.57. The maximum Gasteiger partial charge on any atom is 0.189 e. The fourth-order valence-electron chi connectivity index (χ4n) is 1.56. The lowest BCUT2D eigenvalue weighted by Crippen LogP contribution is -2.10. The van der Waals surface area contributed by atoms with Crippen molar-refractivity contribution in [1.29, 1.82) is 0 Å². The number of benzene rings is 1. The number of rotatable bonds is 4. The Hall–Kier alpha value is -1.59. The molecule has 0 radical (unpaired) electrons. The molecule has 2 rings (SSSR count). The van der Waals surface area contributed by atoms with Gasteiger partial charge < -0.3 is 15.4 Å². The molecule has 17 heavy (non-hydrogen) atoms. The summed E-state index contributed by atoms with van der Waals surface area (Å²) in [6.45, 7) is 0.525. The molecule has 90 valence electrons. The van der Waals surface area contributed by atoms with Gasteiger partial charge in [-0.05, 0) is 12.1 Å². The zero-order valence-corrected chi connectivity index (χ0v) is 10.7. The van der Waals surface area contributed by atoms with Gasteiger partial charge in [-0.2, -0.15) is 0 Å². The highest BCUT2D eigenvalue weighted by atomic mass is 32.1. The molecule has 0 saturated carbocycles. The molecule has 0 unspecified atom stereocenters. The monoisotopic (exact) mass is 249 g/mol. The Bertz CT molecular complexity index is 498. The molecule has 4 nitrogen and oxygen atoms in total. The molecular weight excluding hydrogens is 234 g/mol. The molecule has 2 aromatic rings. The fourth-order valence-corrected chi connectivity index (χ4v) is 2.32. The van der Waals surface area contributed by atoms with Gasteiger partial charge in [-0.15, -0.1) is 11.3 Å². The van der Waals surface area contributed by atoms with Crippen molar-refractivity contribution in [2.75, 3.05) is 19.1 Å². The van der Waals surface area contributed by atoms with E-state index in [0.29, 0.717) is 6.54 Å². The molecule has 0 saturated heterocycles. The molecular formula is C12H15N3OS. The van der Waals surface area contributed by atoms with E-state index >= 15 is 0 Å². The van der Waals surface area contributed by atoms with Crippen molar-refractivity contribution in [1.82, 2.24) is 4.98 Å². The van der Waals surface area contributed by atoms with Crippen LogP contribution in [0.1, 0.15) is 4.88 Å². The van der Waals surface area contributed by atoms with Gasteiger partial charge in [0.25, 0.3) is 0 Å². The summed E-state index contributed by atoms with van der Waals surface area (Å²) in [6, 6.07) is 7.86. The van der Waals surface area contributed by atoms with Crippen LogP contribution in [0.25, 0.3) is 0 Å². The number of ether oxygens (including phenoxy) is 1. The van der Waals surface area contributed by atoms with E-state index < -0.39 is 0 Å². The third kappa shape index (κ3) is 2.40. The molecule has 1 aromatic carbocycles. The van der Waals surface area contributed by atoms with Gasteiger partial charge in [0.1, 0.15) is 5.75 Å². The van der Waals surface area contributed by atoms with E-state index in [-0.39, 0.29) is 0 Å². The maximum atomic E-state index is 5.59. The number of nitrogens with zero attached hydrogens (tertiary/aromatic N) is 2. The van der Waals surface area contributed by atoms with Gasteiger partial charge in [0, 0.05) is 24.7 Å². The molecule has 1 heterocycles. The van der Waals surface area contributed by atoms with E-state index in [4.69, 9.17) is 10.5 Å². The van der Waals surface area contributed by atoms with Crippen molar-refractivity contribution in [2.24, 2.45) is 5.73 Å². The van der Waals surface area contributed by atoms with Crippen molar-refractivity contribution in [3.05, 3.63) is 35.3 Å². The predicted molar refractivity (Wildman–Crippen MR) is 71.1 cm³/mol. The number of methoxy groups -OCH3 is 1. The number of aromatic nitrogens is 1. The van der Waals surface area contributed by atoms with E-state index in [0.717, 1.165) is 21.4 Å². The van der Waals surface area contributed by atoms with Crippen molar-refractivity contribution < 1.29 is 4.74 Å². The summed E-state index contributed by atoms with van der Waals surface area (Å²) >= 11 is 1.59. The van der Waals surface area contributed by atoms with E-state index in [1.807, 2.05) is 42.4 Å². The standard InChI is InChI=1S/C12H15N3OS/c1-15(12-14-8-9(7-13)17-12)10-5-3-4-6-11(10)16-2/h3-6,8H,7,13H2,1-2H3. The molecule has 0 aliphatic heterocycles. The fraction of sp³-hybridized carbons (Fsp3) is 0.250. The largest absolute Gasteiger partial charge is 0.495 e. The maximum absolute atomic E-state index is 5.59. The normalized spacial score (nSPS) is 10.3. The van der Waals surface area contributed by atoms with Crippen molar-refractivity contribution in [3.63, 3.8) is 0 Å². The molecule has 0 aliphatic rings. The molecule has 0 fully saturated rings. The number of hydrogen-bond donors (Lipinski definition) is 1. The average molecular weight is 249 g/mol. The second-order valence-corrected chi connectivity index (χ2v) is 4.64. The van der Waals surface area contributed by atoms with Gasteiger partial charge in [0.15, 0.2) is 5.13 Å². The summed E-state index contributed by atoms with van der Waals surface area (Å²) in [6.07, 6.45) is 1.81. The second kappa shape index (κ2) is 5.16. The Morgan fingerprint density at radius 1 is 1.41 bits per heavy atom. The number of anilines is 2. The molecule has 0 aliphatic carbocycles. The van der Waals surface area contributed by atoms with Crippen LogP contribution >= 0.6 is 11.3 Å². The zero-order valence-electron chi connectivity index (χ0n) is 9.88. The van der Waals surface area contributed by atoms with Crippen LogP contribution in [0.4, 0.5) is 10.8 Å². The summed E-state index contributed by atoms with van der Waals surface area (Å²) in [5, 5.41) is 0.912. The summed E-state index contributed by atoms with van der Waals surface area (Å²) in [5.41, 5.74) is 6.58. The Balaban J connectivity index is 2.32. The van der Waals surface area contributed by atoms with E-state index in [2.05, 4.69) is 4.98 Å². The quantitative estimate of drug-likeness (QED) is 0.904. The van der Waals surface area contributed by atoms with Crippen LogP contribution in [0.2, 0.25) is 0 Å². The molecule has 5 heteroatoms. The molecule has 0 atom stereocenters. The summed E-state index contributed by atoms with van der Waals surface area (Å²) < 4.78 is 5.33. The SMILES string of the molecule is COc1ccccc1N(C)c1ncc(CN)s1. The first-order chi connectivity index (χ1) is 8.26. The van der Waals surface area contributed by atoms with Crippen molar-refractivity contribution in [3.8, 4) is 5.75 Å². The van der Waals surface area contributed by atoms with Crippen LogP contribution in [0.3, 0.4) is 0 Å². The smallest absolute Gasteiger partial charge is 0.189 e. The zero-order chi connectivity index (χ0) is 12.3. The van der Waals surface area contributed by atoms with E-state index in [1.54, 1.807) is 18.4 Å². The Morgan fingerprint density at radius 3 is 2.82 bits per heavy atom. The van der Waals surface area contributed by atoms with E-state index in [1.165, 1.54) is 0 Å². The van der Waals surface area contributed by atoms with Crippen molar-refractivity contribution >= 4 is 22.2 Å². The predicted octanol–water partition coefficient (Wildman–Crippen LogP) is 2.38. The highest BCUT2D eigenvalue weighted by Crippen LogP contribution is 2.33. The third-order valence-electron chi connectivity index (χ3n) is 2.48. The van der Waals surface area contributed by atoms with Crippen LogP contribution in [0.15, 0.2) is 30.5 Å². The highest BCUT2D eigenvalue weighted by Gasteiger charge is 2.12. The van der Waals surface area contributed by atoms with Crippen LogP contribution in [0, 0.1) is 0 Å². The van der Waals surface area contributed by atoms with Crippen LogP contribution in [-0.4, -0.2) is 19.1 Å². The lowest BCUT2D eigenvalue weighted by atomic mass is 10.3. The Labute approximate surface area is 105 Å².